The number of aryl methyl sites for hydroxylation is 1. The molecule has 1 unspecified atom stereocenters. The van der Waals surface area contributed by atoms with E-state index in [0.29, 0.717) is 13.2 Å². The molecule has 1 aromatic rings. The topological polar surface area (TPSA) is 35.2 Å². The molecule has 0 aliphatic rings. The van der Waals surface area contributed by atoms with Gasteiger partial charge in [0.05, 0.1) is 12.7 Å². The van der Waals surface area contributed by atoms with E-state index in [1.807, 2.05) is 0 Å². The molecule has 16 heavy (non-hydrogen) atoms. The number of nitrogens with two attached hydrogens (primary N) is 1. The maximum atomic E-state index is 5.57. The summed E-state index contributed by atoms with van der Waals surface area (Å²) in [5, 5.41) is 0. The van der Waals surface area contributed by atoms with Crippen molar-refractivity contribution in [3.63, 3.8) is 0 Å². The monoisotopic (exact) mass is 221 g/mol. The number of hydrogen-bond donors (Lipinski definition) is 1. The van der Waals surface area contributed by atoms with Crippen LogP contribution in [0, 0.1) is 0 Å². The molecule has 0 spiro atoms. The summed E-state index contributed by atoms with van der Waals surface area (Å²) in [6.45, 7) is 5.49. The molecule has 0 aromatic heterocycles. The first-order valence-corrected chi connectivity index (χ1v) is 6.18. The highest BCUT2D eigenvalue weighted by molar-refractivity contribution is 5.24. The molecule has 0 aliphatic heterocycles. The Bertz CT molecular complexity index is 281. The number of rotatable bonds is 7. The van der Waals surface area contributed by atoms with Gasteiger partial charge in [-0.15, -0.1) is 0 Å². The maximum absolute atomic E-state index is 5.57. The molecule has 2 nitrogen and oxygen atoms in total. The van der Waals surface area contributed by atoms with Crippen LogP contribution in [0.25, 0.3) is 0 Å². The Morgan fingerprint density at radius 3 is 2.50 bits per heavy atom. The third kappa shape index (κ3) is 4.33. The zero-order chi connectivity index (χ0) is 11.8. The Morgan fingerprint density at radius 2 is 1.94 bits per heavy atom. The zero-order valence-corrected chi connectivity index (χ0v) is 10.4. The SMILES string of the molecule is CCCCc1ccc(C(C)OCCN)cc1. The van der Waals surface area contributed by atoms with Crippen LogP contribution in [0.2, 0.25) is 0 Å². The third-order valence-corrected chi connectivity index (χ3v) is 2.75. The van der Waals surface area contributed by atoms with Crippen LogP contribution >= 0.6 is 0 Å². The van der Waals surface area contributed by atoms with Gasteiger partial charge in [0.1, 0.15) is 0 Å². The van der Waals surface area contributed by atoms with Crippen molar-refractivity contribution in [3.05, 3.63) is 35.4 Å². The zero-order valence-electron chi connectivity index (χ0n) is 10.4. The standard InChI is InChI=1S/C14H23NO/c1-3-4-5-13-6-8-14(9-7-13)12(2)16-11-10-15/h6-9,12H,3-5,10-11,15H2,1-2H3. The Balaban J connectivity index is 2.49. The van der Waals surface area contributed by atoms with E-state index in [4.69, 9.17) is 10.5 Å². The number of unbranched alkanes of at least 4 members (excludes halogenated alkanes) is 1. The summed E-state index contributed by atoms with van der Waals surface area (Å²) in [5.41, 5.74) is 8.05. The van der Waals surface area contributed by atoms with E-state index in [9.17, 15) is 0 Å². The summed E-state index contributed by atoms with van der Waals surface area (Å²) in [4.78, 5) is 0. The van der Waals surface area contributed by atoms with E-state index < -0.39 is 0 Å². The van der Waals surface area contributed by atoms with Gasteiger partial charge in [-0.2, -0.15) is 0 Å². The highest BCUT2D eigenvalue weighted by Crippen LogP contribution is 2.17. The van der Waals surface area contributed by atoms with E-state index >= 15 is 0 Å². The van der Waals surface area contributed by atoms with Crippen molar-refractivity contribution in [1.29, 1.82) is 0 Å². The van der Waals surface area contributed by atoms with Crippen LogP contribution in [0.5, 0.6) is 0 Å². The van der Waals surface area contributed by atoms with Gasteiger partial charge >= 0.3 is 0 Å². The van der Waals surface area contributed by atoms with Gasteiger partial charge in [-0.05, 0) is 30.9 Å². The van der Waals surface area contributed by atoms with Crippen LogP contribution in [-0.4, -0.2) is 13.2 Å². The largest absolute Gasteiger partial charge is 0.373 e. The summed E-state index contributed by atoms with van der Waals surface area (Å²) < 4.78 is 5.57. The molecule has 1 atom stereocenters. The van der Waals surface area contributed by atoms with E-state index in [2.05, 4.69) is 38.1 Å². The second-order valence-electron chi connectivity index (χ2n) is 4.15. The fraction of sp³-hybridized carbons (Fsp3) is 0.571. The second-order valence-corrected chi connectivity index (χ2v) is 4.15. The van der Waals surface area contributed by atoms with E-state index in [-0.39, 0.29) is 6.10 Å². The van der Waals surface area contributed by atoms with Crippen LogP contribution in [0.4, 0.5) is 0 Å². The van der Waals surface area contributed by atoms with Crippen molar-refractivity contribution >= 4 is 0 Å². The van der Waals surface area contributed by atoms with Crippen molar-refractivity contribution in [2.75, 3.05) is 13.2 Å². The molecule has 2 N–H and O–H groups in total. The minimum atomic E-state index is 0.142. The predicted molar refractivity (Wildman–Crippen MR) is 68.5 cm³/mol. The molecular weight excluding hydrogens is 198 g/mol. The summed E-state index contributed by atoms with van der Waals surface area (Å²) in [6, 6.07) is 8.72. The van der Waals surface area contributed by atoms with Crippen molar-refractivity contribution in [2.24, 2.45) is 5.73 Å². The molecule has 0 saturated carbocycles. The van der Waals surface area contributed by atoms with Gasteiger partial charge in [0.2, 0.25) is 0 Å². The normalized spacial score (nSPS) is 12.7. The van der Waals surface area contributed by atoms with Gasteiger partial charge < -0.3 is 10.5 Å². The Labute approximate surface area is 98.8 Å². The van der Waals surface area contributed by atoms with Crippen LogP contribution in [0.15, 0.2) is 24.3 Å². The quantitative estimate of drug-likeness (QED) is 0.768. The van der Waals surface area contributed by atoms with Crippen molar-refractivity contribution in [3.8, 4) is 0 Å². The Hall–Kier alpha value is -0.860. The number of ether oxygens (including phenoxy) is 1. The van der Waals surface area contributed by atoms with E-state index in [1.165, 1.54) is 30.4 Å². The summed E-state index contributed by atoms with van der Waals surface area (Å²) >= 11 is 0. The molecule has 0 saturated heterocycles. The van der Waals surface area contributed by atoms with E-state index in [1.54, 1.807) is 0 Å². The molecular formula is C14H23NO. The van der Waals surface area contributed by atoms with Crippen LogP contribution in [-0.2, 0) is 11.2 Å². The molecule has 0 aliphatic carbocycles. The highest BCUT2D eigenvalue weighted by Gasteiger charge is 2.04. The molecule has 1 aromatic carbocycles. The van der Waals surface area contributed by atoms with Crippen molar-refractivity contribution < 1.29 is 4.74 Å². The first-order valence-electron chi connectivity index (χ1n) is 6.18. The van der Waals surface area contributed by atoms with Crippen molar-refractivity contribution in [1.82, 2.24) is 0 Å². The molecule has 0 radical (unpaired) electrons. The maximum Gasteiger partial charge on any atom is 0.0797 e. The van der Waals surface area contributed by atoms with E-state index in [0.717, 1.165) is 0 Å². The molecule has 0 amide bonds. The highest BCUT2D eigenvalue weighted by atomic mass is 16.5. The minimum absolute atomic E-state index is 0.142. The molecule has 90 valence electrons. The smallest absolute Gasteiger partial charge is 0.0797 e. The second kappa shape index (κ2) is 7.42. The van der Waals surface area contributed by atoms with Crippen LogP contribution in [0.3, 0.4) is 0 Å². The van der Waals surface area contributed by atoms with Gasteiger partial charge in [0.25, 0.3) is 0 Å². The minimum Gasteiger partial charge on any atom is -0.373 e. The summed E-state index contributed by atoms with van der Waals surface area (Å²) in [7, 11) is 0. The first-order chi connectivity index (χ1) is 7.77. The molecule has 1 rings (SSSR count). The summed E-state index contributed by atoms with van der Waals surface area (Å²) in [5.74, 6) is 0. The lowest BCUT2D eigenvalue weighted by atomic mass is 10.0. The molecule has 0 bridgehead atoms. The number of benzene rings is 1. The van der Waals surface area contributed by atoms with Gasteiger partial charge in [0.15, 0.2) is 0 Å². The van der Waals surface area contributed by atoms with Crippen LogP contribution in [0.1, 0.15) is 43.9 Å². The van der Waals surface area contributed by atoms with Gasteiger partial charge in [0, 0.05) is 6.54 Å². The fourth-order valence-corrected chi connectivity index (χ4v) is 1.68. The van der Waals surface area contributed by atoms with Gasteiger partial charge in [-0.3, -0.25) is 0 Å². The van der Waals surface area contributed by atoms with Gasteiger partial charge in [-0.25, -0.2) is 0 Å². The average Bonchev–Trinajstić information content (AvgIpc) is 2.34. The third-order valence-electron chi connectivity index (χ3n) is 2.75. The van der Waals surface area contributed by atoms with Crippen LogP contribution < -0.4 is 5.73 Å². The first kappa shape index (κ1) is 13.2. The lowest BCUT2D eigenvalue weighted by Gasteiger charge is -2.13. The molecule has 0 heterocycles. The fourth-order valence-electron chi connectivity index (χ4n) is 1.68. The number of hydrogen-bond acceptors (Lipinski definition) is 2. The molecule has 0 fully saturated rings. The van der Waals surface area contributed by atoms with Crippen molar-refractivity contribution in [2.45, 2.75) is 39.2 Å². The lowest BCUT2D eigenvalue weighted by Crippen LogP contribution is -2.10. The Morgan fingerprint density at radius 1 is 1.25 bits per heavy atom. The lowest BCUT2D eigenvalue weighted by molar-refractivity contribution is 0.0718. The molecule has 2 heteroatoms. The Kier molecular flexibility index (Phi) is 6.12. The summed E-state index contributed by atoms with van der Waals surface area (Å²) in [6.07, 6.45) is 3.83. The predicted octanol–water partition coefficient (Wildman–Crippen LogP) is 3.07. The van der Waals surface area contributed by atoms with Gasteiger partial charge in [-0.1, -0.05) is 37.6 Å². The average molecular weight is 221 g/mol.